The van der Waals surface area contributed by atoms with E-state index in [0.717, 1.165) is 54.6 Å². The number of piperazine rings is 1. The Hall–Kier alpha value is -3.65. The zero-order chi connectivity index (χ0) is 23.4. The molecule has 1 saturated heterocycles. The van der Waals surface area contributed by atoms with Gasteiger partial charge in [0, 0.05) is 50.4 Å². The van der Waals surface area contributed by atoms with Crippen LogP contribution in [-0.4, -0.2) is 59.2 Å². The van der Waals surface area contributed by atoms with Crippen molar-refractivity contribution in [3.8, 4) is 5.69 Å². The molecule has 172 valence electrons. The average molecular weight is 447 g/mol. The van der Waals surface area contributed by atoms with E-state index in [1.807, 2.05) is 61.0 Å². The van der Waals surface area contributed by atoms with E-state index in [1.54, 1.807) is 12.1 Å². The van der Waals surface area contributed by atoms with E-state index in [1.165, 1.54) is 0 Å². The topological polar surface area (TPSA) is 96.5 Å². The van der Waals surface area contributed by atoms with Gasteiger partial charge < -0.3 is 16.0 Å². The van der Waals surface area contributed by atoms with Crippen LogP contribution in [-0.2, 0) is 4.79 Å². The molecular weight excluding hydrogens is 416 g/mol. The van der Waals surface area contributed by atoms with E-state index in [0.29, 0.717) is 18.5 Å². The standard InChI is InChI=1S/C25H30N6O2/c1-18-24(19(2)31(28-18)22-6-4-3-5-7-22)27-23(32)12-13-29-14-16-30(17-15-29)21-10-8-20(9-11-21)25(26)33/h3-11H,12-17H2,1-2H3,(H2,26,33)(H,27,32). The molecule has 1 aliphatic rings. The van der Waals surface area contributed by atoms with Gasteiger partial charge in [0.05, 0.1) is 22.8 Å². The van der Waals surface area contributed by atoms with Gasteiger partial charge in [0.2, 0.25) is 11.8 Å². The van der Waals surface area contributed by atoms with Gasteiger partial charge in [-0.15, -0.1) is 0 Å². The van der Waals surface area contributed by atoms with Crippen LogP contribution in [0.15, 0.2) is 54.6 Å². The van der Waals surface area contributed by atoms with Crippen molar-refractivity contribution in [2.75, 3.05) is 42.9 Å². The highest BCUT2D eigenvalue weighted by atomic mass is 16.2. The first-order valence-corrected chi connectivity index (χ1v) is 11.2. The molecule has 0 saturated carbocycles. The Morgan fingerprint density at radius 3 is 2.24 bits per heavy atom. The van der Waals surface area contributed by atoms with Crippen LogP contribution in [0.5, 0.6) is 0 Å². The summed E-state index contributed by atoms with van der Waals surface area (Å²) in [5.41, 5.74) is 10.4. The number of para-hydroxylation sites is 1. The number of benzene rings is 2. The van der Waals surface area contributed by atoms with Crippen molar-refractivity contribution < 1.29 is 9.59 Å². The zero-order valence-electron chi connectivity index (χ0n) is 19.1. The van der Waals surface area contributed by atoms with Gasteiger partial charge in [-0.25, -0.2) is 4.68 Å². The molecular formula is C25H30N6O2. The van der Waals surface area contributed by atoms with Crippen LogP contribution in [0.1, 0.15) is 28.2 Å². The summed E-state index contributed by atoms with van der Waals surface area (Å²) in [6.07, 6.45) is 0.433. The number of aryl methyl sites for hydroxylation is 1. The van der Waals surface area contributed by atoms with E-state index < -0.39 is 5.91 Å². The van der Waals surface area contributed by atoms with E-state index in [4.69, 9.17) is 5.73 Å². The smallest absolute Gasteiger partial charge is 0.248 e. The van der Waals surface area contributed by atoms with Crippen molar-refractivity contribution in [1.29, 1.82) is 0 Å². The Kier molecular flexibility index (Phi) is 6.74. The predicted octanol–water partition coefficient (Wildman–Crippen LogP) is 2.74. The largest absolute Gasteiger partial charge is 0.369 e. The van der Waals surface area contributed by atoms with Gasteiger partial charge in [-0.2, -0.15) is 5.10 Å². The van der Waals surface area contributed by atoms with Crippen LogP contribution in [0.25, 0.3) is 5.69 Å². The summed E-state index contributed by atoms with van der Waals surface area (Å²) in [4.78, 5) is 28.5. The maximum Gasteiger partial charge on any atom is 0.248 e. The third kappa shape index (κ3) is 5.23. The quantitative estimate of drug-likeness (QED) is 0.582. The lowest BCUT2D eigenvalue weighted by Gasteiger charge is -2.36. The number of primary amides is 1. The molecule has 1 fully saturated rings. The van der Waals surface area contributed by atoms with Crippen LogP contribution in [0.2, 0.25) is 0 Å². The molecule has 1 aromatic heterocycles. The summed E-state index contributed by atoms with van der Waals surface area (Å²) < 4.78 is 1.86. The number of nitrogens with zero attached hydrogens (tertiary/aromatic N) is 4. The number of nitrogens with two attached hydrogens (primary N) is 1. The molecule has 8 nitrogen and oxygen atoms in total. The molecule has 8 heteroatoms. The van der Waals surface area contributed by atoms with E-state index in [9.17, 15) is 9.59 Å². The number of hydrogen-bond donors (Lipinski definition) is 2. The Bertz CT molecular complexity index is 1120. The van der Waals surface area contributed by atoms with Crippen molar-refractivity contribution in [3.05, 3.63) is 71.5 Å². The molecule has 0 spiro atoms. The number of rotatable bonds is 7. The van der Waals surface area contributed by atoms with Crippen LogP contribution in [0, 0.1) is 13.8 Å². The molecule has 0 aliphatic carbocycles. The molecule has 0 unspecified atom stereocenters. The summed E-state index contributed by atoms with van der Waals surface area (Å²) in [6, 6.07) is 17.3. The fraction of sp³-hybridized carbons (Fsp3) is 0.320. The number of carbonyl (C=O) groups excluding carboxylic acids is 2. The lowest BCUT2D eigenvalue weighted by Crippen LogP contribution is -2.47. The van der Waals surface area contributed by atoms with Crippen molar-refractivity contribution in [2.45, 2.75) is 20.3 Å². The first-order chi connectivity index (χ1) is 15.9. The van der Waals surface area contributed by atoms with Gasteiger partial charge in [-0.05, 0) is 50.2 Å². The predicted molar refractivity (Wildman–Crippen MR) is 130 cm³/mol. The van der Waals surface area contributed by atoms with E-state index >= 15 is 0 Å². The molecule has 2 heterocycles. The van der Waals surface area contributed by atoms with Crippen molar-refractivity contribution in [1.82, 2.24) is 14.7 Å². The lowest BCUT2D eigenvalue weighted by atomic mass is 10.1. The second-order valence-electron chi connectivity index (χ2n) is 8.33. The van der Waals surface area contributed by atoms with Crippen molar-refractivity contribution in [2.24, 2.45) is 5.73 Å². The van der Waals surface area contributed by atoms with Gasteiger partial charge in [0.15, 0.2) is 0 Å². The average Bonchev–Trinajstić information content (AvgIpc) is 3.12. The van der Waals surface area contributed by atoms with Crippen LogP contribution < -0.4 is 16.0 Å². The minimum Gasteiger partial charge on any atom is -0.369 e. The molecule has 0 radical (unpaired) electrons. The zero-order valence-corrected chi connectivity index (χ0v) is 19.1. The number of anilines is 2. The Labute approximate surface area is 194 Å². The number of aromatic nitrogens is 2. The van der Waals surface area contributed by atoms with E-state index in [2.05, 4.69) is 20.2 Å². The second kappa shape index (κ2) is 9.87. The maximum atomic E-state index is 12.7. The summed E-state index contributed by atoms with van der Waals surface area (Å²) in [7, 11) is 0. The summed E-state index contributed by atoms with van der Waals surface area (Å²) in [6.45, 7) is 8.11. The molecule has 2 aromatic carbocycles. The summed E-state index contributed by atoms with van der Waals surface area (Å²) in [5.74, 6) is -0.416. The summed E-state index contributed by atoms with van der Waals surface area (Å²) in [5, 5.41) is 7.66. The van der Waals surface area contributed by atoms with Crippen molar-refractivity contribution >= 4 is 23.2 Å². The molecule has 0 atom stereocenters. The fourth-order valence-corrected chi connectivity index (χ4v) is 4.17. The number of amides is 2. The molecule has 0 bridgehead atoms. The van der Waals surface area contributed by atoms with Crippen LogP contribution in [0.3, 0.4) is 0 Å². The van der Waals surface area contributed by atoms with Crippen molar-refractivity contribution in [3.63, 3.8) is 0 Å². The van der Waals surface area contributed by atoms with Gasteiger partial charge in [0.1, 0.15) is 0 Å². The molecule has 1 aliphatic heterocycles. The maximum absolute atomic E-state index is 12.7. The minimum absolute atomic E-state index is 0.00159. The highest BCUT2D eigenvalue weighted by molar-refractivity contribution is 5.93. The number of carbonyl (C=O) groups is 2. The lowest BCUT2D eigenvalue weighted by molar-refractivity contribution is -0.116. The molecule has 2 amide bonds. The fourth-order valence-electron chi connectivity index (χ4n) is 4.17. The molecule has 33 heavy (non-hydrogen) atoms. The molecule has 4 rings (SSSR count). The first kappa shape index (κ1) is 22.5. The van der Waals surface area contributed by atoms with Gasteiger partial charge >= 0.3 is 0 Å². The first-order valence-electron chi connectivity index (χ1n) is 11.2. The van der Waals surface area contributed by atoms with Gasteiger partial charge in [-0.1, -0.05) is 18.2 Å². The Morgan fingerprint density at radius 2 is 1.61 bits per heavy atom. The Balaban J connectivity index is 1.27. The normalized spacial score (nSPS) is 14.3. The van der Waals surface area contributed by atoms with Gasteiger partial charge in [0.25, 0.3) is 0 Å². The summed E-state index contributed by atoms with van der Waals surface area (Å²) >= 11 is 0. The highest BCUT2D eigenvalue weighted by Gasteiger charge is 2.19. The minimum atomic E-state index is -0.414. The number of nitrogens with one attached hydrogen (secondary N) is 1. The number of hydrogen-bond acceptors (Lipinski definition) is 5. The second-order valence-corrected chi connectivity index (χ2v) is 8.33. The Morgan fingerprint density at radius 1 is 0.939 bits per heavy atom. The SMILES string of the molecule is Cc1nn(-c2ccccc2)c(C)c1NC(=O)CCN1CCN(c2ccc(C(N)=O)cc2)CC1. The third-order valence-electron chi connectivity index (χ3n) is 6.10. The third-order valence-corrected chi connectivity index (χ3v) is 6.10. The van der Waals surface area contributed by atoms with Gasteiger partial charge in [-0.3, -0.25) is 14.5 Å². The monoisotopic (exact) mass is 446 g/mol. The van der Waals surface area contributed by atoms with E-state index in [-0.39, 0.29) is 5.91 Å². The molecule has 3 aromatic rings. The highest BCUT2D eigenvalue weighted by Crippen LogP contribution is 2.23. The molecule has 3 N–H and O–H groups in total. The van der Waals surface area contributed by atoms with Crippen LogP contribution >= 0.6 is 0 Å². The van der Waals surface area contributed by atoms with Crippen LogP contribution in [0.4, 0.5) is 11.4 Å².